The Labute approximate surface area is 145 Å². The molecule has 6 nitrogen and oxygen atoms in total. The van der Waals surface area contributed by atoms with Crippen LogP contribution in [0.15, 0.2) is 34.2 Å². The Kier molecular flexibility index (Phi) is 5.08. The molecule has 0 spiro atoms. The SMILES string of the molecule is CC[C@@H](C)c1ccccc1NC(=O)CSc1n[nH]c(=O)n1C1CC1. The monoisotopic (exact) mass is 346 g/mol. The fraction of sp³-hybridized carbons (Fsp3) is 0.471. The van der Waals surface area contributed by atoms with Crippen molar-refractivity contribution >= 4 is 23.4 Å². The largest absolute Gasteiger partial charge is 0.344 e. The molecule has 1 heterocycles. The van der Waals surface area contributed by atoms with Gasteiger partial charge in [0.25, 0.3) is 0 Å². The highest BCUT2D eigenvalue weighted by atomic mass is 32.2. The zero-order valence-electron chi connectivity index (χ0n) is 13.9. The number of para-hydroxylation sites is 1. The first-order valence-corrected chi connectivity index (χ1v) is 9.27. The Balaban J connectivity index is 1.64. The van der Waals surface area contributed by atoms with Gasteiger partial charge in [0.15, 0.2) is 5.16 Å². The van der Waals surface area contributed by atoms with Gasteiger partial charge >= 0.3 is 5.69 Å². The average Bonchev–Trinajstić information content (AvgIpc) is 3.35. The molecule has 1 amide bonds. The molecule has 24 heavy (non-hydrogen) atoms. The number of H-pyrrole nitrogens is 1. The minimum atomic E-state index is -0.192. The summed E-state index contributed by atoms with van der Waals surface area (Å²) in [7, 11) is 0. The summed E-state index contributed by atoms with van der Waals surface area (Å²) in [5.74, 6) is 0.528. The van der Waals surface area contributed by atoms with Gasteiger partial charge in [0.2, 0.25) is 5.91 Å². The first-order valence-electron chi connectivity index (χ1n) is 8.28. The number of aromatic amines is 1. The van der Waals surface area contributed by atoms with Crippen LogP contribution in [0.4, 0.5) is 5.69 Å². The molecule has 1 aromatic heterocycles. The molecule has 1 atom stereocenters. The van der Waals surface area contributed by atoms with E-state index in [0.29, 0.717) is 11.1 Å². The summed E-state index contributed by atoms with van der Waals surface area (Å²) >= 11 is 1.29. The average molecular weight is 346 g/mol. The standard InChI is InChI=1S/C17H22N4O2S/c1-3-11(2)13-6-4-5-7-14(13)18-15(22)10-24-17-20-19-16(23)21(17)12-8-9-12/h4-7,11-12H,3,8-10H2,1-2H3,(H,18,22)(H,19,23)/t11-/m1/s1. The van der Waals surface area contributed by atoms with Crippen molar-refractivity contribution in [3.63, 3.8) is 0 Å². The molecule has 128 valence electrons. The Morgan fingerprint density at radius 1 is 1.46 bits per heavy atom. The van der Waals surface area contributed by atoms with E-state index >= 15 is 0 Å². The fourth-order valence-electron chi connectivity index (χ4n) is 2.62. The van der Waals surface area contributed by atoms with E-state index in [-0.39, 0.29) is 23.4 Å². The van der Waals surface area contributed by atoms with E-state index in [4.69, 9.17) is 0 Å². The van der Waals surface area contributed by atoms with Crippen molar-refractivity contribution in [1.29, 1.82) is 0 Å². The summed E-state index contributed by atoms with van der Waals surface area (Å²) in [5, 5.41) is 10.1. The number of anilines is 1. The highest BCUT2D eigenvalue weighted by Crippen LogP contribution is 2.36. The number of thioether (sulfide) groups is 1. The molecule has 0 saturated heterocycles. The lowest BCUT2D eigenvalue weighted by molar-refractivity contribution is -0.113. The van der Waals surface area contributed by atoms with Crippen LogP contribution in [0.2, 0.25) is 0 Å². The van der Waals surface area contributed by atoms with E-state index in [1.807, 2.05) is 18.2 Å². The number of carbonyl (C=O) groups is 1. The smallest absolute Gasteiger partial charge is 0.325 e. The summed E-state index contributed by atoms with van der Waals surface area (Å²) in [5.41, 5.74) is 1.81. The second kappa shape index (κ2) is 7.25. The first-order chi connectivity index (χ1) is 11.6. The Morgan fingerprint density at radius 3 is 2.92 bits per heavy atom. The maximum atomic E-state index is 12.3. The second-order valence-corrected chi connectivity index (χ2v) is 7.09. The van der Waals surface area contributed by atoms with Gasteiger partial charge in [0.1, 0.15) is 0 Å². The quantitative estimate of drug-likeness (QED) is 0.755. The predicted molar refractivity (Wildman–Crippen MR) is 95.6 cm³/mol. The third-order valence-corrected chi connectivity index (χ3v) is 5.25. The number of benzene rings is 1. The molecule has 0 radical (unpaired) electrons. The van der Waals surface area contributed by atoms with Crippen LogP contribution < -0.4 is 11.0 Å². The van der Waals surface area contributed by atoms with Gasteiger partial charge in [-0.3, -0.25) is 9.36 Å². The van der Waals surface area contributed by atoms with Crippen LogP contribution in [0.3, 0.4) is 0 Å². The molecule has 2 N–H and O–H groups in total. The van der Waals surface area contributed by atoms with Crippen molar-refractivity contribution < 1.29 is 4.79 Å². The van der Waals surface area contributed by atoms with Crippen molar-refractivity contribution in [3.8, 4) is 0 Å². The zero-order chi connectivity index (χ0) is 17.1. The summed E-state index contributed by atoms with van der Waals surface area (Å²) in [6.07, 6.45) is 3.02. The molecule has 3 rings (SSSR count). The van der Waals surface area contributed by atoms with Gasteiger partial charge in [-0.1, -0.05) is 43.8 Å². The van der Waals surface area contributed by atoms with Crippen LogP contribution in [0.25, 0.3) is 0 Å². The number of hydrogen-bond acceptors (Lipinski definition) is 4. The predicted octanol–water partition coefficient (Wildman–Crippen LogP) is 3.15. The lowest BCUT2D eigenvalue weighted by atomic mass is 9.97. The third-order valence-electron chi connectivity index (χ3n) is 4.29. The Bertz CT molecular complexity index is 779. The van der Waals surface area contributed by atoms with Gasteiger partial charge in [-0.05, 0) is 36.8 Å². The second-order valence-electron chi connectivity index (χ2n) is 6.15. The minimum absolute atomic E-state index is 0.0893. The van der Waals surface area contributed by atoms with Crippen LogP contribution in [0.5, 0.6) is 0 Å². The van der Waals surface area contributed by atoms with E-state index in [0.717, 1.165) is 30.5 Å². The molecule has 7 heteroatoms. The Hall–Kier alpha value is -2.02. The van der Waals surface area contributed by atoms with Gasteiger partial charge < -0.3 is 5.32 Å². The number of rotatable bonds is 7. The molecular formula is C17H22N4O2S. The molecule has 0 aliphatic heterocycles. The molecule has 1 aliphatic rings. The van der Waals surface area contributed by atoms with Crippen molar-refractivity contribution in [1.82, 2.24) is 14.8 Å². The topological polar surface area (TPSA) is 79.8 Å². The number of amides is 1. The summed E-state index contributed by atoms with van der Waals surface area (Å²) < 4.78 is 1.66. The van der Waals surface area contributed by atoms with Crippen molar-refractivity contribution in [3.05, 3.63) is 40.3 Å². The molecule has 1 aliphatic carbocycles. The fourth-order valence-corrected chi connectivity index (χ4v) is 3.44. The maximum Gasteiger partial charge on any atom is 0.344 e. The number of aromatic nitrogens is 3. The van der Waals surface area contributed by atoms with Crippen LogP contribution in [0.1, 0.15) is 50.6 Å². The van der Waals surface area contributed by atoms with Crippen LogP contribution in [-0.2, 0) is 4.79 Å². The van der Waals surface area contributed by atoms with Crippen LogP contribution in [-0.4, -0.2) is 26.4 Å². The van der Waals surface area contributed by atoms with E-state index < -0.39 is 0 Å². The summed E-state index contributed by atoms with van der Waals surface area (Å²) in [6.45, 7) is 4.28. The highest BCUT2D eigenvalue weighted by molar-refractivity contribution is 7.99. The molecular weight excluding hydrogens is 324 g/mol. The summed E-state index contributed by atoms with van der Waals surface area (Å²) in [6, 6.07) is 8.14. The molecule has 1 saturated carbocycles. The highest BCUT2D eigenvalue weighted by Gasteiger charge is 2.28. The van der Waals surface area contributed by atoms with Crippen LogP contribution in [0, 0.1) is 0 Å². The lowest BCUT2D eigenvalue weighted by Crippen LogP contribution is -2.18. The van der Waals surface area contributed by atoms with E-state index in [1.54, 1.807) is 4.57 Å². The van der Waals surface area contributed by atoms with Crippen molar-refractivity contribution in [2.45, 2.75) is 50.2 Å². The number of carbonyl (C=O) groups excluding carboxylic acids is 1. The van der Waals surface area contributed by atoms with Crippen molar-refractivity contribution in [2.24, 2.45) is 0 Å². The third kappa shape index (κ3) is 3.72. The molecule has 0 bridgehead atoms. The summed E-state index contributed by atoms with van der Waals surface area (Å²) in [4.78, 5) is 24.0. The zero-order valence-corrected chi connectivity index (χ0v) is 14.7. The van der Waals surface area contributed by atoms with Gasteiger partial charge in [-0.15, -0.1) is 5.10 Å². The first kappa shape index (κ1) is 16.8. The maximum absolute atomic E-state index is 12.3. The molecule has 2 aromatic rings. The van der Waals surface area contributed by atoms with E-state index in [1.165, 1.54) is 11.8 Å². The van der Waals surface area contributed by atoms with Crippen molar-refractivity contribution in [2.75, 3.05) is 11.1 Å². The van der Waals surface area contributed by atoms with Gasteiger partial charge in [-0.2, -0.15) is 0 Å². The molecule has 0 unspecified atom stereocenters. The number of hydrogen-bond donors (Lipinski definition) is 2. The Morgan fingerprint density at radius 2 is 2.21 bits per heavy atom. The molecule has 1 aromatic carbocycles. The molecule has 1 fully saturated rings. The lowest BCUT2D eigenvalue weighted by Gasteiger charge is -2.15. The van der Waals surface area contributed by atoms with E-state index in [2.05, 4.69) is 35.4 Å². The number of nitrogens with one attached hydrogen (secondary N) is 2. The van der Waals surface area contributed by atoms with Gasteiger partial charge in [-0.25, -0.2) is 9.89 Å². The number of nitrogens with zero attached hydrogens (tertiary/aromatic N) is 2. The van der Waals surface area contributed by atoms with Gasteiger partial charge in [0, 0.05) is 11.7 Å². The normalized spacial score (nSPS) is 15.2. The van der Waals surface area contributed by atoms with Crippen LogP contribution >= 0.6 is 11.8 Å². The van der Waals surface area contributed by atoms with E-state index in [9.17, 15) is 9.59 Å². The van der Waals surface area contributed by atoms with Gasteiger partial charge in [0.05, 0.1) is 5.75 Å². The minimum Gasteiger partial charge on any atom is -0.325 e.